The van der Waals surface area contributed by atoms with Crippen LogP contribution in [0.25, 0.3) is 33.3 Å². The highest BCUT2D eigenvalue weighted by Crippen LogP contribution is 2.43. The molecule has 1 aliphatic carbocycles. The van der Waals surface area contributed by atoms with Crippen LogP contribution in [0.1, 0.15) is 61.9 Å². The van der Waals surface area contributed by atoms with Crippen LogP contribution >= 0.6 is 11.6 Å². The maximum Gasteiger partial charge on any atom is 0.293 e. The Kier molecular flexibility index (Phi) is 11.7. The molecule has 64 heavy (non-hydrogen) atoms. The molecule has 0 unspecified atom stereocenters. The second-order valence-electron chi connectivity index (χ2n) is 17.7. The lowest BCUT2D eigenvalue weighted by molar-refractivity contribution is -0.384. The highest BCUT2D eigenvalue weighted by atomic mass is 35.5. The first-order valence-corrected chi connectivity index (χ1v) is 23.3. The van der Waals surface area contributed by atoms with E-state index in [9.17, 15) is 23.3 Å². The minimum absolute atomic E-state index is 0.00417. The molecular weight excluding hydrogens is 861 g/mol. The molecule has 15 nitrogen and oxygen atoms in total. The van der Waals surface area contributed by atoms with Crippen LogP contribution in [0, 0.1) is 15.5 Å². The Morgan fingerprint density at radius 3 is 2.52 bits per heavy atom. The quantitative estimate of drug-likeness (QED) is 0.0794. The number of carbonyl (C=O) groups excluding carboxylic acids is 1. The van der Waals surface area contributed by atoms with Crippen molar-refractivity contribution in [1.82, 2.24) is 29.4 Å². The molecule has 3 aliphatic rings. The Morgan fingerprint density at radius 1 is 1.00 bits per heavy atom. The van der Waals surface area contributed by atoms with E-state index in [1.807, 2.05) is 30.3 Å². The number of hydrogen-bond donors (Lipinski definition) is 3. The Hall–Kier alpha value is -5.88. The summed E-state index contributed by atoms with van der Waals surface area (Å²) in [5.74, 6) is -0.963. The highest BCUT2D eigenvalue weighted by Gasteiger charge is 2.34. The monoisotopic (exact) mass is 909 g/mol. The zero-order valence-electron chi connectivity index (χ0n) is 35.6. The predicted molar refractivity (Wildman–Crippen MR) is 246 cm³/mol. The molecule has 334 valence electrons. The third-order valence-electron chi connectivity index (χ3n) is 12.7. The highest BCUT2D eigenvalue weighted by molar-refractivity contribution is 7.90. The molecule has 0 radical (unpaired) electrons. The molecule has 5 heterocycles. The van der Waals surface area contributed by atoms with E-state index in [1.165, 1.54) is 22.8 Å². The number of fused-ring (bicyclic) bond motifs is 2. The lowest BCUT2D eigenvalue weighted by Crippen LogP contribution is -2.47. The number of benzene rings is 3. The standard InChI is InChI=1S/C46H49ClFN9O6S/c1-45(2)13-11-32(37(26-45)30-3-5-33(47)6-4-30)28-54-17-19-55(20-18-54)34-7-9-36(40(24-34)56-41-23-31-12-16-49-43(31)52-39(41)27-51-56)44(58)53-64(61,62)35-8-10-38(42(25-35)57(59)60)50-29-46(48)14-21-63-22-15-46/h3-10,12,16,23-25,27,50H,11,13-15,17-22,26,28-29H2,1-2H3,(H,49,52)(H,53,58). The van der Waals surface area contributed by atoms with Gasteiger partial charge in [-0.2, -0.15) is 5.10 Å². The first kappa shape index (κ1) is 43.4. The Labute approximate surface area is 374 Å². The zero-order valence-corrected chi connectivity index (χ0v) is 37.1. The van der Waals surface area contributed by atoms with Crippen LogP contribution in [0.2, 0.25) is 5.02 Å². The number of aromatic amines is 1. The molecule has 2 aliphatic heterocycles. The second kappa shape index (κ2) is 17.3. The number of piperazine rings is 1. The van der Waals surface area contributed by atoms with Crippen LogP contribution < -0.4 is 14.9 Å². The first-order chi connectivity index (χ1) is 30.6. The average molecular weight is 910 g/mol. The van der Waals surface area contributed by atoms with Gasteiger partial charge in [0.05, 0.1) is 32.8 Å². The van der Waals surface area contributed by atoms with E-state index >= 15 is 4.39 Å². The fourth-order valence-corrected chi connectivity index (χ4v) is 10.1. The van der Waals surface area contributed by atoms with Gasteiger partial charge in [-0.05, 0) is 90.4 Å². The summed E-state index contributed by atoms with van der Waals surface area (Å²) in [5, 5.41) is 21.1. The molecule has 9 rings (SSSR count). The summed E-state index contributed by atoms with van der Waals surface area (Å²) in [6.07, 6.45) is 6.77. The van der Waals surface area contributed by atoms with Crippen molar-refractivity contribution in [1.29, 1.82) is 0 Å². The van der Waals surface area contributed by atoms with Crippen molar-refractivity contribution in [2.45, 2.75) is 56.5 Å². The largest absolute Gasteiger partial charge is 0.381 e. The van der Waals surface area contributed by atoms with Crippen molar-refractivity contribution in [3.05, 3.63) is 117 Å². The number of nitro groups is 1. The number of ether oxygens (including phenoxy) is 1. The number of anilines is 2. The number of pyridine rings is 1. The van der Waals surface area contributed by atoms with Gasteiger partial charge in [-0.3, -0.25) is 19.8 Å². The SMILES string of the molecule is CC1(C)CCC(CN2CCN(c3ccc(C(=O)NS(=O)(=O)c4ccc(NCC5(F)CCOCC5)c([N+](=O)[O-])c4)c(-n4ncc5nc6[nH]ccc6cc54)c3)CC2)=C(c2ccc(Cl)cc2)C1. The predicted octanol–water partition coefficient (Wildman–Crippen LogP) is 8.30. The summed E-state index contributed by atoms with van der Waals surface area (Å²) in [6.45, 7) is 8.81. The zero-order chi connectivity index (χ0) is 44.8. The molecule has 2 saturated heterocycles. The summed E-state index contributed by atoms with van der Waals surface area (Å²) >= 11 is 6.25. The topological polar surface area (TPSA) is 181 Å². The number of alkyl halides is 1. The number of carbonyl (C=O) groups is 1. The van der Waals surface area contributed by atoms with Crippen LogP contribution in [0.5, 0.6) is 0 Å². The van der Waals surface area contributed by atoms with Gasteiger partial charge < -0.3 is 19.9 Å². The Morgan fingerprint density at radius 2 is 1.77 bits per heavy atom. The van der Waals surface area contributed by atoms with E-state index in [2.05, 4.69) is 60.9 Å². The molecule has 0 atom stereocenters. The van der Waals surface area contributed by atoms with Crippen molar-refractivity contribution < 1.29 is 27.3 Å². The molecule has 3 aromatic heterocycles. The van der Waals surface area contributed by atoms with E-state index < -0.39 is 37.1 Å². The summed E-state index contributed by atoms with van der Waals surface area (Å²) in [6, 6.07) is 20.3. The van der Waals surface area contributed by atoms with Crippen molar-refractivity contribution in [3.8, 4) is 5.69 Å². The fourth-order valence-electron chi connectivity index (χ4n) is 8.98. The van der Waals surface area contributed by atoms with Crippen molar-refractivity contribution in [2.75, 3.05) is 62.7 Å². The van der Waals surface area contributed by atoms with Gasteiger partial charge in [0.1, 0.15) is 22.5 Å². The van der Waals surface area contributed by atoms with Gasteiger partial charge in [-0.25, -0.2) is 27.2 Å². The molecule has 0 bridgehead atoms. The van der Waals surface area contributed by atoms with Crippen LogP contribution in [0.15, 0.2) is 95.7 Å². The minimum atomic E-state index is -4.65. The lowest BCUT2D eigenvalue weighted by Gasteiger charge is -2.39. The normalized spacial score (nSPS) is 18.1. The number of nitro benzene ring substituents is 1. The molecule has 6 aromatic rings. The summed E-state index contributed by atoms with van der Waals surface area (Å²) in [7, 11) is -4.65. The second-order valence-corrected chi connectivity index (χ2v) is 19.9. The fraction of sp³-hybridized carbons (Fsp3) is 0.370. The number of allylic oxidation sites excluding steroid dienone is 1. The van der Waals surface area contributed by atoms with Gasteiger partial charge in [0.15, 0.2) is 0 Å². The van der Waals surface area contributed by atoms with Crippen molar-refractivity contribution >= 4 is 72.2 Å². The average Bonchev–Trinajstić information content (AvgIpc) is 3.92. The van der Waals surface area contributed by atoms with Crippen LogP contribution in [0.4, 0.5) is 21.5 Å². The molecule has 1 amide bonds. The molecule has 0 saturated carbocycles. The molecule has 3 N–H and O–H groups in total. The number of H-pyrrole nitrogens is 1. The molecular formula is C46H49ClFN9O6S. The van der Waals surface area contributed by atoms with Gasteiger partial charge in [-0.1, -0.05) is 43.2 Å². The molecule has 18 heteroatoms. The van der Waals surface area contributed by atoms with Gasteiger partial charge in [0.25, 0.3) is 21.6 Å². The Balaban J connectivity index is 0.977. The third-order valence-corrected chi connectivity index (χ3v) is 14.3. The van der Waals surface area contributed by atoms with Gasteiger partial charge in [0.2, 0.25) is 0 Å². The number of halogens is 2. The van der Waals surface area contributed by atoms with Crippen LogP contribution in [0.3, 0.4) is 0 Å². The van der Waals surface area contributed by atoms with Gasteiger partial charge in [-0.15, -0.1) is 0 Å². The number of sulfonamides is 1. The minimum Gasteiger partial charge on any atom is -0.381 e. The number of amides is 1. The summed E-state index contributed by atoms with van der Waals surface area (Å²) < 4.78 is 51.9. The van der Waals surface area contributed by atoms with Crippen LogP contribution in [-0.4, -0.2) is 102 Å². The van der Waals surface area contributed by atoms with E-state index in [1.54, 1.807) is 29.2 Å². The molecule has 0 spiro atoms. The van der Waals surface area contributed by atoms with E-state index in [0.29, 0.717) is 35.5 Å². The van der Waals surface area contributed by atoms with Crippen molar-refractivity contribution in [3.63, 3.8) is 0 Å². The van der Waals surface area contributed by atoms with E-state index in [4.69, 9.17) is 16.3 Å². The number of rotatable bonds is 12. The Bertz CT molecular complexity index is 2900. The molecule has 3 aromatic carbocycles. The van der Waals surface area contributed by atoms with E-state index in [-0.39, 0.29) is 49.3 Å². The van der Waals surface area contributed by atoms with Gasteiger partial charge >= 0.3 is 0 Å². The number of hydrogen-bond acceptors (Lipinski definition) is 11. The van der Waals surface area contributed by atoms with Crippen molar-refractivity contribution in [2.24, 2.45) is 5.41 Å². The lowest BCUT2D eigenvalue weighted by atomic mass is 9.72. The molecule has 2 fully saturated rings. The first-order valence-electron chi connectivity index (χ1n) is 21.4. The van der Waals surface area contributed by atoms with Crippen LogP contribution in [-0.2, 0) is 14.8 Å². The number of aromatic nitrogens is 4. The van der Waals surface area contributed by atoms with Gasteiger partial charge in [0, 0.05) is 93.7 Å². The maximum absolute atomic E-state index is 15.3. The maximum atomic E-state index is 15.3. The number of nitrogens with zero attached hydrogens (tertiary/aromatic N) is 6. The summed E-state index contributed by atoms with van der Waals surface area (Å²) in [5.41, 5.74) is 5.00. The smallest absolute Gasteiger partial charge is 0.293 e. The number of nitrogens with one attached hydrogen (secondary N) is 3. The van der Waals surface area contributed by atoms with E-state index in [0.717, 1.165) is 67.1 Å². The summed E-state index contributed by atoms with van der Waals surface area (Å²) in [4.78, 5) is 37.6. The third kappa shape index (κ3) is 9.07.